The normalized spacial score (nSPS) is 11.7. The number of carbonyl (C=O) groups is 1. The molecule has 0 aliphatic rings. The van der Waals surface area contributed by atoms with Gasteiger partial charge in [-0.25, -0.2) is 26.3 Å². The Bertz CT molecular complexity index is 687. The molecule has 12 heteroatoms. The number of rotatable bonds is 6. The van der Waals surface area contributed by atoms with Crippen LogP contribution in [0.1, 0.15) is 6.92 Å². The quantitative estimate of drug-likeness (QED) is 0.682. The minimum absolute atomic E-state index is 0. The summed E-state index contributed by atoms with van der Waals surface area (Å²) in [5.74, 6) is -5.27. The molecule has 0 aliphatic heterocycles. The smallest absolute Gasteiger partial charge is 0.273 e. The van der Waals surface area contributed by atoms with E-state index in [-0.39, 0.29) is 23.1 Å². The third-order valence-corrected chi connectivity index (χ3v) is 4.17. The molecule has 0 aliphatic carbocycles. The number of sulfonamides is 1. The maximum Gasteiger partial charge on any atom is 0.273 e. The molecule has 1 aromatic rings. The fourth-order valence-electron chi connectivity index (χ4n) is 1.37. The third kappa shape index (κ3) is 6.15. The van der Waals surface area contributed by atoms with E-state index in [0.29, 0.717) is 12.1 Å². The Kier molecular flexibility index (Phi) is 7.77. The summed E-state index contributed by atoms with van der Waals surface area (Å²) >= 11 is 5.73. The first-order chi connectivity index (χ1) is 9.98. The zero-order valence-corrected chi connectivity index (χ0v) is 14.1. The van der Waals surface area contributed by atoms with Gasteiger partial charge in [0.2, 0.25) is 15.9 Å². The zero-order valence-electron chi connectivity index (χ0n) is 11.7. The van der Waals surface area contributed by atoms with Gasteiger partial charge in [-0.1, -0.05) is 11.6 Å². The van der Waals surface area contributed by atoms with Gasteiger partial charge in [-0.15, -0.1) is 12.4 Å². The van der Waals surface area contributed by atoms with Crippen LogP contribution in [-0.2, 0) is 14.8 Å². The molecule has 0 aromatic heterocycles. The molecule has 1 rings (SSSR count). The predicted molar refractivity (Wildman–Crippen MR) is 82.2 cm³/mol. The van der Waals surface area contributed by atoms with Gasteiger partial charge in [0.05, 0.1) is 23.8 Å². The molecule has 1 amide bonds. The Morgan fingerprint density at radius 2 is 1.96 bits per heavy atom. The molecular formula is C11H14Cl2F3N3O3S. The molecule has 6 nitrogen and oxygen atoms in total. The van der Waals surface area contributed by atoms with Gasteiger partial charge in [0, 0.05) is 13.0 Å². The molecule has 23 heavy (non-hydrogen) atoms. The highest BCUT2D eigenvalue weighted by atomic mass is 35.5. The topological polar surface area (TPSA) is 101 Å². The third-order valence-electron chi connectivity index (χ3n) is 2.44. The SMILES string of the molecule is CC(=O)Nc1cc(F)c(S(=O)(=O)NCC(F)(F)CN)cc1Cl.Cl. The first-order valence-electron chi connectivity index (χ1n) is 5.83. The number of amides is 1. The Morgan fingerprint density at radius 3 is 2.43 bits per heavy atom. The number of halogens is 5. The lowest BCUT2D eigenvalue weighted by Crippen LogP contribution is -2.41. The summed E-state index contributed by atoms with van der Waals surface area (Å²) in [6, 6.07) is 1.39. The maximum atomic E-state index is 13.8. The lowest BCUT2D eigenvalue weighted by atomic mass is 10.3. The van der Waals surface area contributed by atoms with Crippen molar-refractivity contribution in [2.24, 2.45) is 5.73 Å². The van der Waals surface area contributed by atoms with Crippen molar-refractivity contribution in [3.8, 4) is 0 Å². The molecule has 0 radical (unpaired) electrons. The van der Waals surface area contributed by atoms with E-state index in [1.165, 1.54) is 0 Å². The molecule has 0 bridgehead atoms. The molecule has 0 spiro atoms. The highest BCUT2D eigenvalue weighted by molar-refractivity contribution is 7.89. The van der Waals surface area contributed by atoms with Crippen molar-refractivity contribution in [3.05, 3.63) is 23.0 Å². The average Bonchev–Trinajstić information content (AvgIpc) is 2.40. The minimum atomic E-state index is -4.56. The molecule has 132 valence electrons. The van der Waals surface area contributed by atoms with Gasteiger partial charge in [-0.05, 0) is 6.07 Å². The van der Waals surface area contributed by atoms with Crippen molar-refractivity contribution >= 4 is 45.6 Å². The number of benzene rings is 1. The largest absolute Gasteiger partial charge is 0.325 e. The van der Waals surface area contributed by atoms with Gasteiger partial charge in [0.1, 0.15) is 10.7 Å². The summed E-state index contributed by atoms with van der Waals surface area (Å²) in [6.07, 6.45) is 0. The van der Waals surface area contributed by atoms with Gasteiger partial charge in [0.25, 0.3) is 5.92 Å². The first kappa shape index (κ1) is 21.9. The van der Waals surface area contributed by atoms with Crippen molar-refractivity contribution in [3.63, 3.8) is 0 Å². The zero-order chi connectivity index (χ0) is 17.1. The van der Waals surface area contributed by atoms with E-state index in [0.717, 1.165) is 6.92 Å². The van der Waals surface area contributed by atoms with Gasteiger partial charge >= 0.3 is 0 Å². The summed E-state index contributed by atoms with van der Waals surface area (Å²) in [6.45, 7) is -1.20. The summed E-state index contributed by atoms with van der Waals surface area (Å²) in [5.41, 5.74) is 4.63. The number of nitrogens with one attached hydrogen (secondary N) is 2. The van der Waals surface area contributed by atoms with E-state index in [4.69, 9.17) is 17.3 Å². The van der Waals surface area contributed by atoms with Crippen LogP contribution in [0.15, 0.2) is 17.0 Å². The van der Waals surface area contributed by atoms with Crippen molar-refractivity contribution in [1.29, 1.82) is 0 Å². The molecule has 0 saturated heterocycles. The van der Waals surface area contributed by atoms with Crippen LogP contribution < -0.4 is 15.8 Å². The van der Waals surface area contributed by atoms with Crippen LogP contribution in [-0.4, -0.2) is 33.3 Å². The summed E-state index contributed by atoms with van der Waals surface area (Å²) in [4.78, 5) is 9.97. The van der Waals surface area contributed by atoms with E-state index >= 15 is 0 Å². The van der Waals surface area contributed by atoms with Gasteiger partial charge in [0.15, 0.2) is 0 Å². The van der Waals surface area contributed by atoms with Crippen LogP contribution in [0.25, 0.3) is 0 Å². The fraction of sp³-hybridized carbons (Fsp3) is 0.364. The van der Waals surface area contributed by atoms with Crippen molar-refractivity contribution < 1.29 is 26.4 Å². The second-order valence-electron chi connectivity index (χ2n) is 4.33. The molecule has 0 saturated carbocycles. The van der Waals surface area contributed by atoms with E-state index in [1.807, 2.05) is 0 Å². The van der Waals surface area contributed by atoms with Gasteiger partial charge < -0.3 is 11.1 Å². The van der Waals surface area contributed by atoms with Gasteiger partial charge in [-0.3, -0.25) is 4.79 Å². The number of hydrogen-bond acceptors (Lipinski definition) is 4. The molecule has 0 unspecified atom stereocenters. The van der Waals surface area contributed by atoms with E-state index in [1.54, 1.807) is 4.72 Å². The van der Waals surface area contributed by atoms with Crippen LogP contribution in [0.5, 0.6) is 0 Å². The van der Waals surface area contributed by atoms with Crippen LogP contribution in [0.3, 0.4) is 0 Å². The molecule has 0 heterocycles. The molecule has 0 fully saturated rings. The Balaban J connectivity index is 0.00000484. The molecule has 1 aromatic carbocycles. The standard InChI is InChI=1S/C11H13ClF3N3O3S.ClH/c1-6(19)18-9-3-8(13)10(2-7(9)12)22(20,21)17-5-11(14,15)4-16;/h2-3,17H,4-5,16H2,1H3,(H,18,19);1H. The number of hydrogen-bond donors (Lipinski definition) is 3. The summed E-state index contributed by atoms with van der Waals surface area (Å²) in [7, 11) is -4.56. The second kappa shape index (κ2) is 8.15. The monoisotopic (exact) mass is 395 g/mol. The van der Waals surface area contributed by atoms with Crippen LogP contribution in [0.2, 0.25) is 5.02 Å². The summed E-state index contributed by atoms with van der Waals surface area (Å²) in [5, 5.41) is 1.93. The number of nitrogens with two attached hydrogens (primary N) is 1. The number of alkyl halides is 2. The van der Waals surface area contributed by atoms with Crippen molar-refractivity contribution in [2.45, 2.75) is 17.7 Å². The Morgan fingerprint density at radius 1 is 1.39 bits per heavy atom. The molecule has 0 atom stereocenters. The lowest BCUT2D eigenvalue weighted by Gasteiger charge is -2.15. The lowest BCUT2D eigenvalue weighted by molar-refractivity contribution is -0.114. The fourth-order valence-corrected chi connectivity index (χ4v) is 2.79. The van der Waals surface area contributed by atoms with Crippen molar-refractivity contribution in [2.75, 3.05) is 18.4 Å². The van der Waals surface area contributed by atoms with Crippen LogP contribution >= 0.6 is 24.0 Å². The number of carbonyl (C=O) groups excluding carboxylic acids is 1. The van der Waals surface area contributed by atoms with E-state index < -0.39 is 45.7 Å². The Hall–Kier alpha value is -1.07. The predicted octanol–water partition coefficient (Wildman–Crippen LogP) is 1.73. The summed E-state index contributed by atoms with van der Waals surface area (Å²) < 4.78 is 65.0. The van der Waals surface area contributed by atoms with E-state index in [9.17, 15) is 26.4 Å². The molecule has 4 N–H and O–H groups in total. The van der Waals surface area contributed by atoms with Crippen LogP contribution in [0.4, 0.5) is 18.9 Å². The molecular weight excluding hydrogens is 382 g/mol. The maximum absolute atomic E-state index is 13.8. The van der Waals surface area contributed by atoms with E-state index in [2.05, 4.69) is 5.32 Å². The highest BCUT2D eigenvalue weighted by Gasteiger charge is 2.30. The van der Waals surface area contributed by atoms with Crippen LogP contribution in [0, 0.1) is 5.82 Å². The number of anilines is 1. The Labute approximate surface area is 142 Å². The van der Waals surface area contributed by atoms with Gasteiger partial charge in [-0.2, -0.15) is 0 Å². The second-order valence-corrected chi connectivity index (χ2v) is 6.47. The van der Waals surface area contributed by atoms with Crippen molar-refractivity contribution in [1.82, 2.24) is 4.72 Å². The average molecular weight is 396 g/mol. The minimum Gasteiger partial charge on any atom is -0.325 e. The first-order valence-corrected chi connectivity index (χ1v) is 7.69. The highest BCUT2D eigenvalue weighted by Crippen LogP contribution is 2.28.